The molecule has 0 aliphatic heterocycles. The van der Waals surface area contributed by atoms with Gasteiger partial charge in [-0.3, -0.25) is 13.8 Å². The molecule has 242 valence electrons. The van der Waals surface area contributed by atoms with Gasteiger partial charge >= 0.3 is 13.8 Å². The SMILES string of the molecule is CCCCC/C=C\C/C=C\CCCCCCCCOCC(COP(=O)(O)OCCN)OC(=O)CCCCCCCC. The molecule has 3 N–H and O–H groups in total. The number of carbonyl (C=O) groups is 1. The van der Waals surface area contributed by atoms with Crippen LogP contribution in [0.25, 0.3) is 0 Å². The van der Waals surface area contributed by atoms with Gasteiger partial charge < -0.3 is 20.1 Å². The highest BCUT2D eigenvalue weighted by atomic mass is 31.2. The summed E-state index contributed by atoms with van der Waals surface area (Å²) >= 11 is 0. The molecule has 0 rings (SSSR count). The van der Waals surface area contributed by atoms with E-state index in [9.17, 15) is 14.3 Å². The minimum atomic E-state index is -4.26. The Bertz CT molecular complexity index is 687. The summed E-state index contributed by atoms with van der Waals surface area (Å²) in [4.78, 5) is 22.1. The van der Waals surface area contributed by atoms with Crippen molar-refractivity contribution in [2.24, 2.45) is 5.73 Å². The third-order valence-corrected chi connectivity index (χ3v) is 7.61. The molecule has 0 heterocycles. The number of ether oxygens (including phenoxy) is 2. The lowest BCUT2D eigenvalue weighted by Crippen LogP contribution is -2.28. The predicted octanol–water partition coefficient (Wildman–Crippen LogP) is 8.57. The van der Waals surface area contributed by atoms with Gasteiger partial charge in [0.2, 0.25) is 0 Å². The first-order chi connectivity index (χ1) is 19.9. The van der Waals surface area contributed by atoms with Crippen LogP contribution in [-0.4, -0.2) is 49.9 Å². The van der Waals surface area contributed by atoms with E-state index in [4.69, 9.17) is 24.3 Å². The van der Waals surface area contributed by atoms with E-state index < -0.39 is 13.9 Å². The zero-order chi connectivity index (χ0) is 30.3. The molecule has 0 radical (unpaired) electrons. The fraction of sp³-hybridized carbons (Fsp3) is 0.844. The number of esters is 1. The maximum Gasteiger partial charge on any atom is 0.472 e. The van der Waals surface area contributed by atoms with Gasteiger partial charge in [0.1, 0.15) is 6.10 Å². The van der Waals surface area contributed by atoms with Gasteiger partial charge in [-0.15, -0.1) is 0 Å². The third-order valence-electron chi connectivity index (χ3n) is 6.62. The van der Waals surface area contributed by atoms with Crippen molar-refractivity contribution >= 4 is 13.8 Å². The summed E-state index contributed by atoms with van der Waals surface area (Å²) in [5, 5.41) is 0. The smallest absolute Gasteiger partial charge is 0.457 e. The van der Waals surface area contributed by atoms with Crippen molar-refractivity contribution in [3.05, 3.63) is 24.3 Å². The molecule has 9 heteroatoms. The topological polar surface area (TPSA) is 117 Å². The second-order valence-corrected chi connectivity index (χ2v) is 12.1. The van der Waals surface area contributed by atoms with Crippen LogP contribution in [0, 0.1) is 0 Å². The third kappa shape index (κ3) is 30.2. The second-order valence-electron chi connectivity index (χ2n) is 10.7. The van der Waals surface area contributed by atoms with E-state index in [-0.39, 0.29) is 32.3 Å². The van der Waals surface area contributed by atoms with Crippen molar-refractivity contribution in [1.29, 1.82) is 0 Å². The summed E-state index contributed by atoms with van der Waals surface area (Å²) in [6.45, 7) is 4.79. The molecule has 0 aliphatic rings. The summed E-state index contributed by atoms with van der Waals surface area (Å²) in [7, 11) is -4.26. The predicted molar refractivity (Wildman–Crippen MR) is 169 cm³/mol. The molecule has 0 spiro atoms. The number of unbranched alkanes of at least 4 members (excludes halogenated alkanes) is 14. The molecule has 0 saturated heterocycles. The van der Waals surface area contributed by atoms with E-state index in [1.165, 1.54) is 70.6 Å². The van der Waals surface area contributed by atoms with Gasteiger partial charge in [-0.1, -0.05) is 109 Å². The van der Waals surface area contributed by atoms with Gasteiger partial charge in [0.05, 0.1) is 19.8 Å². The van der Waals surface area contributed by atoms with Crippen molar-refractivity contribution in [2.45, 2.75) is 142 Å². The van der Waals surface area contributed by atoms with Crippen LogP contribution >= 0.6 is 7.82 Å². The zero-order valence-corrected chi connectivity index (χ0v) is 27.2. The van der Waals surface area contributed by atoms with E-state index in [0.717, 1.165) is 44.9 Å². The average molecular weight is 604 g/mol. The van der Waals surface area contributed by atoms with Crippen LogP contribution in [0.4, 0.5) is 0 Å². The fourth-order valence-electron chi connectivity index (χ4n) is 4.20. The normalized spacial score (nSPS) is 14.1. The summed E-state index contributed by atoms with van der Waals surface area (Å²) < 4.78 is 33.0. The van der Waals surface area contributed by atoms with Crippen LogP contribution in [0.1, 0.15) is 136 Å². The Morgan fingerprint density at radius 3 is 1.95 bits per heavy atom. The number of hydrogen-bond acceptors (Lipinski definition) is 7. The van der Waals surface area contributed by atoms with Crippen molar-refractivity contribution in [3.63, 3.8) is 0 Å². The van der Waals surface area contributed by atoms with Crippen LogP contribution in [0.5, 0.6) is 0 Å². The maximum atomic E-state index is 12.3. The summed E-state index contributed by atoms with van der Waals surface area (Å²) in [6.07, 6.45) is 29.2. The molecule has 0 aromatic heterocycles. The number of allylic oxidation sites excluding steroid dienone is 4. The monoisotopic (exact) mass is 603 g/mol. The number of carbonyl (C=O) groups excluding carboxylic acids is 1. The molecule has 8 nitrogen and oxygen atoms in total. The highest BCUT2D eigenvalue weighted by Crippen LogP contribution is 2.43. The van der Waals surface area contributed by atoms with Crippen LogP contribution in [0.3, 0.4) is 0 Å². The van der Waals surface area contributed by atoms with Crippen molar-refractivity contribution in [2.75, 3.05) is 33.0 Å². The Hall–Kier alpha value is -1.02. The van der Waals surface area contributed by atoms with Crippen LogP contribution in [0.2, 0.25) is 0 Å². The standard InChI is InChI=1S/C32H62NO7P/c1-3-5-7-9-11-12-13-14-15-16-17-18-19-20-22-24-27-37-29-31(30-39-41(35,36)38-28-26-33)40-32(34)25-23-21-10-8-6-4-2/h11-12,14-15,31H,3-10,13,16-30,33H2,1-2H3,(H,35,36)/b12-11-,15-14-. The number of nitrogens with two attached hydrogens (primary N) is 1. The molecule has 41 heavy (non-hydrogen) atoms. The Labute approximate surface area is 251 Å². The Kier molecular flexibility index (Phi) is 29.7. The molecule has 0 amide bonds. The average Bonchev–Trinajstić information content (AvgIpc) is 2.96. The Morgan fingerprint density at radius 1 is 0.732 bits per heavy atom. The van der Waals surface area contributed by atoms with Crippen LogP contribution in [-0.2, 0) is 27.9 Å². The van der Waals surface area contributed by atoms with Crippen LogP contribution in [0.15, 0.2) is 24.3 Å². The Balaban J connectivity index is 4.06. The second kappa shape index (κ2) is 30.4. The molecule has 0 aromatic carbocycles. The molecule has 0 aromatic rings. The van der Waals surface area contributed by atoms with Crippen molar-refractivity contribution < 1.29 is 32.8 Å². The molecule has 0 saturated carbocycles. The minimum absolute atomic E-state index is 0.0969. The maximum absolute atomic E-state index is 12.3. The number of hydrogen-bond donors (Lipinski definition) is 2. The largest absolute Gasteiger partial charge is 0.472 e. The molecular weight excluding hydrogens is 541 g/mol. The molecule has 0 fully saturated rings. The highest BCUT2D eigenvalue weighted by Gasteiger charge is 2.25. The van der Waals surface area contributed by atoms with Gasteiger partial charge in [0.25, 0.3) is 0 Å². The van der Waals surface area contributed by atoms with Gasteiger partial charge in [-0.25, -0.2) is 4.57 Å². The van der Waals surface area contributed by atoms with E-state index in [2.05, 4.69) is 38.2 Å². The first-order valence-corrected chi connectivity index (χ1v) is 17.8. The number of phosphoric ester groups is 1. The lowest BCUT2D eigenvalue weighted by Gasteiger charge is -2.20. The quantitative estimate of drug-likeness (QED) is 0.0350. The zero-order valence-electron chi connectivity index (χ0n) is 26.3. The van der Waals surface area contributed by atoms with Gasteiger partial charge in [-0.05, 0) is 44.9 Å². The lowest BCUT2D eigenvalue weighted by atomic mass is 10.1. The lowest BCUT2D eigenvalue weighted by molar-refractivity contribution is -0.154. The van der Waals surface area contributed by atoms with Crippen molar-refractivity contribution in [3.8, 4) is 0 Å². The highest BCUT2D eigenvalue weighted by molar-refractivity contribution is 7.47. The minimum Gasteiger partial charge on any atom is -0.457 e. The molecular formula is C32H62NO7P. The first-order valence-electron chi connectivity index (χ1n) is 16.3. The van der Waals surface area contributed by atoms with Crippen LogP contribution < -0.4 is 5.73 Å². The van der Waals surface area contributed by atoms with Gasteiger partial charge in [0.15, 0.2) is 0 Å². The number of phosphoric acid groups is 1. The fourth-order valence-corrected chi connectivity index (χ4v) is 4.97. The van der Waals surface area contributed by atoms with E-state index in [1.54, 1.807) is 0 Å². The van der Waals surface area contributed by atoms with E-state index >= 15 is 0 Å². The molecule has 0 aliphatic carbocycles. The van der Waals surface area contributed by atoms with E-state index in [0.29, 0.717) is 13.0 Å². The number of rotatable bonds is 31. The first kappa shape index (κ1) is 40.0. The summed E-state index contributed by atoms with van der Waals surface area (Å²) in [6, 6.07) is 0. The van der Waals surface area contributed by atoms with E-state index in [1.807, 2.05) is 0 Å². The summed E-state index contributed by atoms with van der Waals surface area (Å²) in [5.41, 5.74) is 5.32. The molecule has 2 atom stereocenters. The van der Waals surface area contributed by atoms with Crippen molar-refractivity contribution in [1.82, 2.24) is 0 Å². The van der Waals surface area contributed by atoms with Gasteiger partial charge in [0, 0.05) is 19.6 Å². The van der Waals surface area contributed by atoms with Gasteiger partial charge in [-0.2, -0.15) is 0 Å². The Morgan fingerprint density at radius 2 is 1.29 bits per heavy atom. The molecule has 2 unspecified atom stereocenters. The molecule has 0 bridgehead atoms. The summed E-state index contributed by atoms with van der Waals surface area (Å²) in [5.74, 6) is -0.345.